The smallest absolute Gasteiger partial charge is 0.169 e. The van der Waals surface area contributed by atoms with E-state index >= 15 is 0 Å². The fourth-order valence-corrected chi connectivity index (χ4v) is 0.725. The molecule has 5 nitrogen and oxygen atoms in total. The molecule has 0 aliphatic carbocycles. The van der Waals surface area contributed by atoms with Crippen molar-refractivity contribution in [3.05, 3.63) is 11.6 Å². The highest BCUT2D eigenvalue weighted by molar-refractivity contribution is 4.95. The standard InChI is InChI=1S/C6H12N4O/c1-3(11)5(7)6-8-4(2)9-10-6/h3,5,11H,7H2,1-2H3,(H,8,9,10). The highest BCUT2D eigenvalue weighted by atomic mass is 16.3. The molecule has 1 aromatic rings. The molecule has 0 aliphatic heterocycles. The number of aliphatic hydroxyl groups excluding tert-OH is 1. The largest absolute Gasteiger partial charge is 0.391 e. The fourth-order valence-electron chi connectivity index (χ4n) is 0.725. The van der Waals surface area contributed by atoms with E-state index in [1.165, 1.54) is 0 Å². The fraction of sp³-hybridized carbons (Fsp3) is 0.667. The molecular weight excluding hydrogens is 144 g/mol. The number of nitrogens with one attached hydrogen (secondary N) is 1. The molecule has 62 valence electrons. The van der Waals surface area contributed by atoms with Gasteiger partial charge in [-0.1, -0.05) is 0 Å². The first-order chi connectivity index (χ1) is 5.11. The summed E-state index contributed by atoms with van der Waals surface area (Å²) in [5, 5.41) is 15.5. The lowest BCUT2D eigenvalue weighted by Crippen LogP contribution is -2.24. The van der Waals surface area contributed by atoms with E-state index in [1.54, 1.807) is 13.8 Å². The average Bonchev–Trinajstić information content (AvgIpc) is 2.34. The Hall–Kier alpha value is -0.940. The normalized spacial score (nSPS) is 16.4. The second kappa shape index (κ2) is 2.98. The van der Waals surface area contributed by atoms with Crippen LogP contribution in [0.4, 0.5) is 0 Å². The first kappa shape index (κ1) is 8.16. The van der Waals surface area contributed by atoms with E-state index in [0.29, 0.717) is 11.6 Å². The second-order valence-electron chi connectivity index (χ2n) is 2.55. The minimum atomic E-state index is -0.620. The van der Waals surface area contributed by atoms with Crippen molar-refractivity contribution in [3.8, 4) is 0 Å². The first-order valence-corrected chi connectivity index (χ1v) is 3.44. The quantitative estimate of drug-likeness (QED) is 0.538. The molecule has 2 unspecified atom stereocenters. The minimum absolute atomic E-state index is 0.456. The van der Waals surface area contributed by atoms with Gasteiger partial charge in [0.2, 0.25) is 0 Å². The summed E-state index contributed by atoms with van der Waals surface area (Å²) >= 11 is 0. The lowest BCUT2D eigenvalue weighted by atomic mass is 10.2. The number of nitrogens with two attached hydrogens (primary N) is 1. The molecule has 0 aliphatic rings. The molecule has 4 N–H and O–H groups in total. The number of aromatic amines is 1. The van der Waals surface area contributed by atoms with Gasteiger partial charge < -0.3 is 10.8 Å². The summed E-state index contributed by atoms with van der Waals surface area (Å²) in [5.74, 6) is 1.16. The Morgan fingerprint density at radius 1 is 1.64 bits per heavy atom. The third-order valence-electron chi connectivity index (χ3n) is 1.43. The Morgan fingerprint density at radius 2 is 2.27 bits per heavy atom. The molecular formula is C6H12N4O. The van der Waals surface area contributed by atoms with Crippen LogP contribution in [-0.4, -0.2) is 26.4 Å². The lowest BCUT2D eigenvalue weighted by Gasteiger charge is -2.09. The molecule has 0 aromatic carbocycles. The van der Waals surface area contributed by atoms with Crippen LogP contribution in [-0.2, 0) is 0 Å². The highest BCUT2D eigenvalue weighted by Gasteiger charge is 2.15. The zero-order chi connectivity index (χ0) is 8.43. The van der Waals surface area contributed by atoms with Crippen LogP contribution in [0.1, 0.15) is 24.6 Å². The van der Waals surface area contributed by atoms with Crippen molar-refractivity contribution in [1.82, 2.24) is 15.2 Å². The van der Waals surface area contributed by atoms with Crippen molar-refractivity contribution in [1.29, 1.82) is 0 Å². The summed E-state index contributed by atoms with van der Waals surface area (Å²) < 4.78 is 0. The Balaban J connectivity index is 2.76. The monoisotopic (exact) mass is 156 g/mol. The number of hydrogen-bond donors (Lipinski definition) is 3. The Labute approximate surface area is 64.6 Å². The van der Waals surface area contributed by atoms with E-state index < -0.39 is 12.1 Å². The zero-order valence-corrected chi connectivity index (χ0v) is 6.57. The number of rotatable bonds is 2. The topological polar surface area (TPSA) is 87.8 Å². The molecule has 1 heterocycles. The first-order valence-electron chi connectivity index (χ1n) is 3.44. The van der Waals surface area contributed by atoms with E-state index in [2.05, 4.69) is 15.2 Å². The summed E-state index contributed by atoms with van der Waals surface area (Å²) in [4.78, 5) is 3.98. The molecule has 1 aromatic heterocycles. The predicted molar refractivity (Wildman–Crippen MR) is 39.7 cm³/mol. The predicted octanol–water partition coefficient (Wildman–Crippen LogP) is -0.506. The SMILES string of the molecule is Cc1nc(C(N)C(C)O)n[nH]1. The number of aromatic nitrogens is 3. The molecule has 0 bridgehead atoms. The molecule has 0 spiro atoms. The van der Waals surface area contributed by atoms with Crippen molar-refractivity contribution in [2.75, 3.05) is 0 Å². The van der Waals surface area contributed by atoms with Gasteiger partial charge in [0.05, 0.1) is 12.1 Å². The third-order valence-corrected chi connectivity index (χ3v) is 1.43. The Morgan fingerprint density at radius 3 is 2.64 bits per heavy atom. The third kappa shape index (κ3) is 1.75. The zero-order valence-electron chi connectivity index (χ0n) is 6.57. The van der Waals surface area contributed by atoms with Gasteiger partial charge in [-0.25, -0.2) is 4.98 Å². The van der Waals surface area contributed by atoms with E-state index in [0.717, 1.165) is 0 Å². The van der Waals surface area contributed by atoms with Gasteiger partial charge in [-0.05, 0) is 13.8 Å². The van der Waals surface area contributed by atoms with E-state index in [4.69, 9.17) is 10.8 Å². The van der Waals surface area contributed by atoms with Gasteiger partial charge in [-0.2, -0.15) is 5.10 Å². The van der Waals surface area contributed by atoms with Crippen molar-refractivity contribution in [2.24, 2.45) is 5.73 Å². The summed E-state index contributed by atoms with van der Waals surface area (Å²) in [6.45, 7) is 3.39. The van der Waals surface area contributed by atoms with E-state index in [9.17, 15) is 0 Å². The van der Waals surface area contributed by atoms with Crippen LogP contribution >= 0.6 is 0 Å². The number of hydrogen-bond acceptors (Lipinski definition) is 4. The molecule has 0 radical (unpaired) electrons. The summed E-state index contributed by atoms with van der Waals surface area (Å²) in [6.07, 6.45) is -0.620. The number of aliphatic hydroxyl groups is 1. The van der Waals surface area contributed by atoms with Crippen LogP contribution in [0.5, 0.6) is 0 Å². The second-order valence-corrected chi connectivity index (χ2v) is 2.55. The minimum Gasteiger partial charge on any atom is -0.391 e. The van der Waals surface area contributed by atoms with E-state index in [1.807, 2.05) is 0 Å². The van der Waals surface area contributed by atoms with Crippen molar-refractivity contribution in [3.63, 3.8) is 0 Å². The van der Waals surface area contributed by atoms with Crippen molar-refractivity contribution >= 4 is 0 Å². The van der Waals surface area contributed by atoms with Crippen LogP contribution in [0.3, 0.4) is 0 Å². The average molecular weight is 156 g/mol. The van der Waals surface area contributed by atoms with Gasteiger partial charge in [0.1, 0.15) is 5.82 Å². The maximum Gasteiger partial charge on any atom is 0.169 e. The Kier molecular flexibility index (Phi) is 2.21. The summed E-state index contributed by atoms with van der Waals surface area (Å²) in [7, 11) is 0. The maximum absolute atomic E-state index is 9.06. The van der Waals surface area contributed by atoms with Crippen LogP contribution in [0.2, 0.25) is 0 Å². The highest BCUT2D eigenvalue weighted by Crippen LogP contribution is 2.07. The molecule has 0 fully saturated rings. The number of aryl methyl sites for hydroxylation is 1. The summed E-state index contributed by atoms with van der Waals surface area (Å²) in [5.41, 5.74) is 5.56. The van der Waals surface area contributed by atoms with Crippen LogP contribution in [0, 0.1) is 6.92 Å². The van der Waals surface area contributed by atoms with Crippen molar-refractivity contribution < 1.29 is 5.11 Å². The van der Waals surface area contributed by atoms with Crippen LogP contribution in [0.25, 0.3) is 0 Å². The maximum atomic E-state index is 9.06. The van der Waals surface area contributed by atoms with Gasteiger partial charge in [0, 0.05) is 0 Å². The lowest BCUT2D eigenvalue weighted by molar-refractivity contribution is 0.160. The number of H-pyrrole nitrogens is 1. The van der Waals surface area contributed by atoms with Gasteiger partial charge >= 0.3 is 0 Å². The van der Waals surface area contributed by atoms with Crippen LogP contribution < -0.4 is 5.73 Å². The van der Waals surface area contributed by atoms with Gasteiger partial charge in [0.25, 0.3) is 0 Å². The molecule has 11 heavy (non-hydrogen) atoms. The molecule has 2 atom stereocenters. The van der Waals surface area contributed by atoms with Gasteiger partial charge in [-0.15, -0.1) is 0 Å². The summed E-state index contributed by atoms with van der Waals surface area (Å²) in [6, 6.07) is -0.500. The molecule has 0 saturated heterocycles. The molecule has 5 heteroatoms. The van der Waals surface area contributed by atoms with Crippen LogP contribution in [0.15, 0.2) is 0 Å². The molecule has 0 saturated carbocycles. The number of nitrogens with zero attached hydrogens (tertiary/aromatic N) is 2. The van der Waals surface area contributed by atoms with Crippen molar-refractivity contribution in [2.45, 2.75) is 26.0 Å². The molecule has 1 rings (SSSR count). The molecule has 0 amide bonds. The Bertz CT molecular complexity index is 232. The van der Waals surface area contributed by atoms with Gasteiger partial charge in [0.15, 0.2) is 5.82 Å². The van der Waals surface area contributed by atoms with E-state index in [-0.39, 0.29) is 0 Å². The van der Waals surface area contributed by atoms with Gasteiger partial charge in [-0.3, -0.25) is 5.10 Å².